The van der Waals surface area contributed by atoms with Gasteiger partial charge in [0.25, 0.3) is 0 Å². The van der Waals surface area contributed by atoms with Crippen molar-refractivity contribution in [1.29, 1.82) is 0 Å². The Morgan fingerprint density at radius 2 is 1.75 bits per heavy atom. The number of ketones is 1. The summed E-state index contributed by atoms with van der Waals surface area (Å²) in [6.07, 6.45) is 6.46. The zero-order chi connectivity index (χ0) is 15.0. The summed E-state index contributed by atoms with van der Waals surface area (Å²) >= 11 is 5.73. The average Bonchev–Trinajstić information content (AvgIpc) is 2.37. The van der Waals surface area contributed by atoms with Gasteiger partial charge in [-0.05, 0) is 50.5 Å². The summed E-state index contributed by atoms with van der Waals surface area (Å²) < 4.78 is 24.0. The molecule has 0 N–H and O–H groups in total. The minimum Gasteiger partial charge on any atom is -0.300 e. The molecule has 3 nitrogen and oxygen atoms in total. The zero-order valence-corrected chi connectivity index (χ0v) is 13.1. The van der Waals surface area contributed by atoms with Crippen molar-refractivity contribution in [3.8, 4) is 0 Å². The first-order chi connectivity index (χ1) is 9.42. The number of unbranched alkanes of at least 4 members (excludes halogenated alkanes) is 1. The highest BCUT2D eigenvalue weighted by molar-refractivity contribution is 7.91. The van der Waals surface area contributed by atoms with Crippen molar-refractivity contribution in [3.05, 3.63) is 41.4 Å². The van der Waals surface area contributed by atoms with Gasteiger partial charge in [-0.1, -0.05) is 23.8 Å². The van der Waals surface area contributed by atoms with Gasteiger partial charge in [0.2, 0.25) is 0 Å². The van der Waals surface area contributed by atoms with Crippen molar-refractivity contribution in [1.82, 2.24) is 0 Å². The van der Waals surface area contributed by atoms with E-state index in [-0.39, 0.29) is 11.5 Å². The summed E-state index contributed by atoms with van der Waals surface area (Å²) in [5, 5.41) is 0.523. The van der Waals surface area contributed by atoms with E-state index in [1.54, 1.807) is 19.1 Å². The van der Waals surface area contributed by atoms with E-state index in [0.29, 0.717) is 22.8 Å². The molecule has 1 aromatic carbocycles. The Morgan fingerprint density at radius 1 is 1.15 bits per heavy atom. The van der Waals surface area contributed by atoms with Gasteiger partial charge in [-0.25, -0.2) is 8.42 Å². The number of benzene rings is 1. The molecule has 0 bridgehead atoms. The smallest absolute Gasteiger partial charge is 0.178 e. The third-order valence-corrected chi connectivity index (χ3v) is 4.81. The SMILES string of the molecule is CC(=O)CCC/C=C/CCS(=O)(=O)c1ccc(Cl)cc1. The van der Waals surface area contributed by atoms with E-state index in [9.17, 15) is 13.2 Å². The van der Waals surface area contributed by atoms with E-state index in [1.165, 1.54) is 12.1 Å². The van der Waals surface area contributed by atoms with E-state index < -0.39 is 9.84 Å². The molecule has 0 saturated heterocycles. The fourth-order valence-corrected chi connectivity index (χ4v) is 3.05. The van der Waals surface area contributed by atoms with Gasteiger partial charge in [-0.15, -0.1) is 0 Å². The number of carbonyl (C=O) groups excluding carboxylic acids is 1. The molecule has 0 unspecified atom stereocenters. The van der Waals surface area contributed by atoms with Gasteiger partial charge < -0.3 is 4.79 Å². The van der Waals surface area contributed by atoms with Crippen LogP contribution in [0.3, 0.4) is 0 Å². The van der Waals surface area contributed by atoms with E-state index in [2.05, 4.69) is 0 Å². The van der Waals surface area contributed by atoms with E-state index in [1.807, 2.05) is 12.2 Å². The summed E-state index contributed by atoms with van der Waals surface area (Å²) in [5.74, 6) is 0.265. The highest BCUT2D eigenvalue weighted by Gasteiger charge is 2.12. The lowest BCUT2D eigenvalue weighted by Gasteiger charge is -2.02. The number of hydrogen-bond acceptors (Lipinski definition) is 3. The molecule has 110 valence electrons. The molecule has 0 aromatic heterocycles. The molecule has 0 aliphatic heterocycles. The van der Waals surface area contributed by atoms with Gasteiger partial charge in [-0.3, -0.25) is 0 Å². The maximum Gasteiger partial charge on any atom is 0.178 e. The summed E-state index contributed by atoms with van der Waals surface area (Å²) in [6, 6.07) is 6.19. The predicted octanol–water partition coefficient (Wildman–Crippen LogP) is 3.82. The first-order valence-corrected chi connectivity index (χ1v) is 8.57. The monoisotopic (exact) mass is 314 g/mol. The van der Waals surface area contributed by atoms with E-state index >= 15 is 0 Å². The maximum absolute atomic E-state index is 12.0. The van der Waals surface area contributed by atoms with Crippen LogP contribution in [0.5, 0.6) is 0 Å². The molecule has 20 heavy (non-hydrogen) atoms. The van der Waals surface area contributed by atoms with Gasteiger partial charge >= 0.3 is 0 Å². The Hall–Kier alpha value is -1.13. The molecule has 1 rings (SSSR count). The number of rotatable bonds is 8. The number of halogens is 1. The lowest BCUT2D eigenvalue weighted by Crippen LogP contribution is -2.05. The van der Waals surface area contributed by atoms with Gasteiger partial charge in [0.1, 0.15) is 5.78 Å². The molecule has 0 spiro atoms. The molecule has 0 heterocycles. The third kappa shape index (κ3) is 6.35. The van der Waals surface area contributed by atoms with E-state index in [4.69, 9.17) is 11.6 Å². The number of carbonyl (C=O) groups is 1. The number of Topliss-reactive ketones (excluding diaryl/α,β-unsaturated/α-hetero) is 1. The van der Waals surface area contributed by atoms with Gasteiger partial charge in [0.05, 0.1) is 10.6 Å². The Bertz CT molecular complexity index is 559. The van der Waals surface area contributed by atoms with Crippen LogP contribution in [0, 0.1) is 0 Å². The molecule has 0 fully saturated rings. The van der Waals surface area contributed by atoms with Gasteiger partial charge in [-0.2, -0.15) is 0 Å². The molecule has 0 aliphatic carbocycles. The molecule has 0 radical (unpaired) electrons. The van der Waals surface area contributed by atoms with Crippen molar-refractivity contribution in [2.75, 3.05) is 5.75 Å². The van der Waals surface area contributed by atoms with Crippen LogP contribution >= 0.6 is 11.6 Å². The Labute approximate surface area is 125 Å². The Kier molecular flexibility index (Phi) is 6.96. The molecule has 0 amide bonds. The molecule has 0 aliphatic rings. The quantitative estimate of drug-likeness (QED) is 0.541. The predicted molar refractivity (Wildman–Crippen MR) is 81.8 cm³/mol. The normalized spacial score (nSPS) is 11.9. The second-order valence-electron chi connectivity index (χ2n) is 4.63. The molecular weight excluding hydrogens is 296 g/mol. The largest absolute Gasteiger partial charge is 0.300 e. The number of hydrogen-bond donors (Lipinski definition) is 0. The summed E-state index contributed by atoms with van der Waals surface area (Å²) in [6.45, 7) is 1.57. The van der Waals surface area contributed by atoms with Crippen LogP contribution in [0.25, 0.3) is 0 Å². The van der Waals surface area contributed by atoms with Crippen LogP contribution in [0.1, 0.15) is 32.6 Å². The van der Waals surface area contributed by atoms with Crippen molar-refractivity contribution < 1.29 is 13.2 Å². The average molecular weight is 315 g/mol. The molecule has 0 saturated carbocycles. The third-order valence-electron chi connectivity index (χ3n) is 2.79. The summed E-state index contributed by atoms with van der Waals surface area (Å²) in [7, 11) is -3.25. The van der Waals surface area contributed by atoms with Crippen molar-refractivity contribution in [3.63, 3.8) is 0 Å². The highest BCUT2D eigenvalue weighted by atomic mass is 35.5. The molecule has 0 atom stereocenters. The molecule has 5 heteroatoms. The van der Waals surface area contributed by atoms with Crippen molar-refractivity contribution in [2.24, 2.45) is 0 Å². The lowest BCUT2D eigenvalue weighted by molar-refractivity contribution is -0.117. The fourth-order valence-electron chi connectivity index (χ4n) is 1.69. The van der Waals surface area contributed by atoms with Gasteiger partial charge in [0, 0.05) is 11.4 Å². The Balaban J connectivity index is 2.38. The maximum atomic E-state index is 12.0. The second kappa shape index (κ2) is 8.22. The van der Waals surface area contributed by atoms with Crippen LogP contribution < -0.4 is 0 Å². The van der Waals surface area contributed by atoms with Crippen LogP contribution in [-0.4, -0.2) is 20.0 Å². The van der Waals surface area contributed by atoms with Crippen molar-refractivity contribution in [2.45, 2.75) is 37.5 Å². The zero-order valence-electron chi connectivity index (χ0n) is 11.5. The Morgan fingerprint density at radius 3 is 2.35 bits per heavy atom. The first-order valence-electron chi connectivity index (χ1n) is 6.54. The van der Waals surface area contributed by atoms with Gasteiger partial charge in [0.15, 0.2) is 9.84 Å². The minimum atomic E-state index is -3.25. The highest BCUT2D eigenvalue weighted by Crippen LogP contribution is 2.16. The molecule has 1 aromatic rings. The fraction of sp³-hybridized carbons (Fsp3) is 0.400. The van der Waals surface area contributed by atoms with Crippen LogP contribution in [0.15, 0.2) is 41.3 Å². The van der Waals surface area contributed by atoms with Crippen molar-refractivity contribution >= 4 is 27.2 Å². The molecular formula is C15H19ClO3S. The number of sulfone groups is 1. The lowest BCUT2D eigenvalue weighted by atomic mass is 10.2. The van der Waals surface area contributed by atoms with Crippen LogP contribution in [0.2, 0.25) is 5.02 Å². The summed E-state index contributed by atoms with van der Waals surface area (Å²) in [5.41, 5.74) is 0. The van der Waals surface area contributed by atoms with Crippen LogP contribution in [-0.2, 0) is 14.6 Å². The topological polar surface area (TPSA) is 51.2 Å². The first kappa shape index (κ1) is 16.9. The standard InChI is InChI=1S/C15H19ClO3S/c1-13(17)7-5-3-2-4-6-12-20(18,19)15-10-8-14(16)9-11-15/h2,4,8-11H,3,5-7,12H2,1H3/b4-2+. The minimum absolute atomic E-state index is 0.0812. The second-order valence-corrected chi connectivity index (χ2v) is 7.17. The van der Waals surface area contributed by atoms with E-state index in [0.717, 1.165) is 12.8 Å². The van der Waals surface area contributed by atoms with Crippen LogP contribution in [0.4, 0.5) is 0 Å². The number of allylic oxidation sites excluding steroid dienone is 2. The summed E-state index contributed by atoms with van der Waals surface area (Å²) in [4.78, 5) is 11.0.